The van der Waals surface area contributed by atoms with Gasteiger partial charge in [0, 0.05) is 12.1 Å². The van der Waals surface area contributed by atoms with Crippen molar-refractivity contribution < 1.29 is 0 Å². The van der Waals surface area contributed by atoms with Gasteiger partial charge in [-0.1, -0.05) is 23.8 Å². The highest BCUT2D eigenvalue weighted by atomic mass is 15.0. The first-order valence-corrected chi connectivity index (χ1v) is 6.30. The van der Waals surface area contributed by atoms with E-state index in [0.29, 0.717) is 5.54 Å². The van der Waals surface area contributed by atoms with Crippen molar-refractivity contribution in [1.29, 1.82) is 0 Å². The Morgan fingerprint density at radius 3 is 2.56 bits per heavy atom. The van der Waals surface area contributed by atoms with Crippen LogP contribution in [0.2, 0.25) is 0 Å². The molecule has 1 aliphatic carbocycles. The molecule has 0 unspecified atom stereocenters. The summed E-state index contributed by atoms with van der Waals surface area (Å²) in [5, 5.41) is 3.71. The van der Waals surface area contributed by atoms with E-state index in [-0.39, 0.29) is 0 Å². The molecule has 1 nitrogen and oxygen atoms in total. The molecule has 1 aliphatic rings. The second-order valence-corrected chi connectivity index (χ2v) is 5.78. The summed E-state index contributed by atoms with van der Waals surface area (Å²) in [6.45, 7) is 10.0. The van der Waals surface area contributed by atoms with Crippen LogP contribution >= 0.6 is 0 Å². The number of aryl methyl sites for hydroxylation is 2. The molecular formula is C15H23N. The molecule has 0 radical (unpaired) electrons. The van der Waals surface area contributed by atoms with Crippen molar-refractivity contribution in [3.05, 3.63) is 34.9 Å². The molecule has 2 rings (SSSR count). The first kappa shape index (κ1) is 11.7. The number of hydrogen-bond acceptors (Lipinski definition) is 1. The molecule has 0 aromatic heterocycles. The first-order chi connectivity index (χ1) is 7.49. The maximum absolute atomic E-state index is 3.71. The van der Waals surface area contributed by atoms with E-state index in [1.807, 2.05) is 0 Å². The SMILES string of the molecule is Cc1ccc(C)c(CNC(C)(C)C2CC2)c1. The average molecular weight is 217 g/mol. The zero-order valence-corrected chi connectivity index (χ0v) is 10.9. The average Bonchev–Trinajstić information content (AvgIpc) is 3.03. The Labute approximate surface area is 99.3 Å². The van der Waals surface area contributed by atoms with E-state index >= 15 is 0 Å². The molecule has 0 heterocycles. The molecule has 1 fully saturated rings. The van der Waals surface area contributed by atoms with Crippen LogP contribution in [0.15, 0.2) is 18.2 Å². The third-order valence-electron chi connectivity index (χ3n) is 3.84. The molecule has 1 aromatic carbocycles. The summed E-state index contributed by atoms with van der Waals surface area (Å²) in [4.78, 5) is 0. The number of nitrogens with one attached hydrogen (secondary N) is 1. The molecule has 0 aliphatic heterocycles. The minimum Gasteiger partial charge on any atom is -0.307 e. The fourth-order valence-electron chi connectivity index (χ4n) is 2.26. The van der Waals surface area contributed by atoms with Crippen molar-refractivity contribution in [1.82, 2.24) is 5.32 Å². The highest BCUT2D eigenvalue weighted by molar-refractivity contribution is 5.30. The molecule has 16 heavy (non-hydrogen) atoms. The van der Waals surface area contributed by atoms with Crippen LogP contribution in [0, 0.1) is 19.8 Å². The lowest BCUT2D eigenvalue weighted by Gasteiger charge is -2.26. The number of hydrogen-bond donors (Lipinski definition) is 1. The van der Waals surface area contributed by atoms with Crippen molar-refractivity contribution >= 4 is 0 Å². The largest absolute Gasteiger partial charge is 0.307 e. The van der Waals surface area contributed by atoms with Gasteiger partial charge in [-0.25, -0.2) is 0 Å². The van der Waals surface area contributed by atoms with E-state index in [9.17, 15) is 0 Å². The zero-order valence-electron chi connectivity index (χ0n) is 10.9. The molecule has 0 amide bonds. The van der Waals surface area contributed by atoms with Crippen molar-refractivity contribution in [2.45, 2.75) is 52.6 Å². The summed E-state index contributed by atoms with van der Waals surface area (Å²) in [6.07, 6.45) is 2.79. The Bertz CT molecular complexity index is 375. The predicted molar refractivity (Wildman–Crippen MR) is 69.6 cm³/mol. The lowest BCUT2D eigenvalue weighted by molar-refractivity contribution is 0.339. The monoisotopic (exact) mass is 217 g/mol. The maximum Gasteiger partial charge on any atom is 0.0213 e. The van der Waals surface area contributed by atoms with Gasteiger partial charge in [0.15, 0.2) is 0 Å². The summed E-state index contributed by atoms with van der Waals surface area (Å²) < 4.78 is 0. The molecular weight excluding hydrogens is 194 g/mol. The van der Waals surface area contributed by atoms with E-state index in [4.69, 9.17) is 0 Å². The normalized spacial score (nSPS) is 16.5. The molecule has 1 heteroatoms. The highest BCUT2D eigenvalue weighted by Gasteiger charge is 2.37. The number of benzene rings is 1. The van der Waals surface area contributed by atoms with Gasteiger partial charge in [0.2, 0.25) is 0 Å². The smallest absolute Gasteiger partial charge is 0.0213 e. The van der Waals surface area contributed by atoms with Crippen molar-refractivity contribution in [3.63, 3.8) is 0 Å². The molecule has 1 N–H and O–H groups in total. The van der Waals surface area contributed by atoms with Crippen molar-refractivity contribution in [3.8, 4) is 0 Å². The van der Waals surface area contributed by atoms with Crippen LogP contribution in [0.4, 0.5) is 0 Å². The summed E-state index contributed by atoms with van der Waals surface area (Å²) in [5.41, 5.74) is 4.49. The lowest BCUT2D eigenvalue weighted by atomic mass is 9.97. The van der Waals surface area contributed by atoms with Gasteiger partial charge in [-0.3, -0.25) is 0 Å². The van der Waals surface area contributed by atoms with Crippen LogP contribution < -0.4 is 5.32 Å². The van der Waals surface area contributed by atoms with Gasteiger partial charge in [0.1, 0.15) is 0 Å². The first-order valence-electron chi connectivity index (χ1n) is 6.30. The van der Waals surface area contributed by atoms with E-state index < -0.39 is 0 Å². The van der Waals surface area contributed by atoms with E-state index in [2.05, 4.69) is 51.2 Å². The van der Waals surface area contributed by atoms with Gasteiger partial charge in [0.05, 0.1) is 0 Å². The van der Waals surface area contributed by atoms with Crippen LogP contribution in [0.1, 0.15) is 43.4 Å². The Morgan fingerprint density at radius 2 is 1.94 bits per heavy atom. The molecule has 1 saturated carbocycles. The van der Waals surface area contributed by atoms with Gasteiger partial charge in [-0.15, -0.1) is 0 Å². The Morgan fingerprint density at radius 1 is 1.25 bits per heavy atom. The molecule has 0 atom stereocenters. The van der Waals surface area contributed by atoms with Crippen molar-refractivity contribution in [2.75, 3.05) is 0 Å². The lowest BCUT2D eigenvalue weighted by Crippen LogP contribution is -2.40. The van der Waals surface area contributed by atoms with E-state index in [1.165, 1.54) is 29.5 Å². The Balaban J connectivity index is 2.01. The second-order valence-electron chi connectivity index (χ2n) is 5.78. The third kappa shape index (κ3) is 2.65. The molecule has 0 bridgehead atoms. The summed E-state index contributed by atoms with van der Waals surface area (Å²) in [6, 6.07) is 6.70. The Hall–Kier alpha value is -0.820. The summed E-state index contributed by atoms with van der Waals surface area (Å²) >= 11 is 0. The fraction of sp³-hybridized carbons (Fsp3) is 0.600. The standard InChI is InChI=1S/C15H23N/c1-11-5-6-12(2)13(9-11)10-16-15(3,4)14-7-8-14/h5-6,9,14,16H,7-8,10H2,1-4H3. The van der Waals surface area contributed by atoms with Crippen LogP contribution in [0.5, 0.6) is 0 Å². The van der Waals surface area contributed by atoms with Crippen LogP contribution in [-0.4, -0.2) is 5.54 Å². The van der Waals surface area contributed by atoms with Crippen molar-refractivity contribution in [2.24, 2.45) is 5.92 Å². The fourth-order valence-corrected chi connectivity index (χ4v) is 2.26. The van der Waals surface area contributed by atoms with Gasteiger partial charge in [-0.2, -0.15) is 0 Å². The van der Waals surface area contributed by atoms with E-state index in [1.54, 1.807) is 0 Å². The highest BCUT2D eigenvalue weighted by Crippen LogP contribution is 2.39. The predicted octanol–water partition coefficient (Wildman–Crippen LogP) is 3.58. The minimum absolute atomic E-state index is 0.302. The summed E-state index contributed by atoms with van der Waals surface area (Å²) in [7, 11) is 0. The van der Waals surface area contributed by atoms with E-state index in [0.717, 1.165) is 12.5 Å². The molecule has 88 valence electrons. The van der Waals surface area contributed by atoms with Gasteiger partial charge < -0.3 is 5.32 Å². The maximum atomic E-state index is 3.71. The Kier molecular flexibility index (Phi) is 3.07. The molecule has 0 spiro atoms. The topological polar surface area (TPSA) is 12.0 Å². The van der Waals surface area contributed by atoms with Gasteiger partial charge in [-0.05, 0) is 57.6 Å². The van der Waals surface area contributed by atoms with Crippen LogP contribution in [0.25, 0.3) is 0 Å². The quantitative estimate of drug-likeness (QED) is 0.813. The molecule has 0 saturated heterocycles. The van der Waals surface area contributed by atoms with Crippen LogP contribution in [0.3, 0.4) is 0 Å². The molecule has 1 aromatic rings. The second kappa shape index (κ2) is 4.21. The zero-order chi connectivity index (χ0) is 11.8. The number of rotatable bonds is 4. The van der Waals surface area contributed by atoms with Gasteiger partial charge >= 0.3 is 0 Å². The summed E-state index contributed by atoms with van der Waals surface area (Å²) in [5.74, 6) is 0.887. The third-order valence-corrected chi connectivity index (χ3v) is 3.84. The van der Waals surface area contributed by atoms with Crippen LogP contribution in [-0.2, 0) is 6.54 Å². The minimum atomic E-state index is 0.302. The van der Waals surface area contributed by atoms with Gasteiger partial charge in [0.25, 0.3) is 0 Å².